The van der Waals surface area contributed by atoms with E-state index in [1.54, 1.807) is 6.20 Å². The minimum Gasteiger partial charge on any atom is -0.480 e. The van der Waals surface area contributed by atoms with Gasteiger partial charge < -0.3 is 10.4 Å². The van der Waals surface area contributed by atoms with Crippen molar-refractivity contribution >= 4 is 11.7 Å². The molecule has 1 aromatic rings. The molecular formula is C17H27N3O3. The van der Waals surface area contributed by atoms with E-state index in [0.717, 1.165) is 32.1 Å². The molecule has 2 rings (SSSR count). The zero-order valence-electron chi connectivity index (χ0n) is 14.3. The van der Waals surface area contributed by atoms with Crippen molar-refractivity contribution in [2.24, 2.45) is 0 Å². The minimum atomic E-state index is -0.947. The molecule has 0 fully saturated rings. The Morgan fingerprint density at radius 2 is 2.00 bits per heavy atom. The molecule has 0 bridgehead atoms. The first-order valence-electron chi connectivity index (χ1n) is 8.59. The molecule has 0 amide bonds. The van der Waals surface area contributed by atoms with Gasteiger partial charge in [0.15, 0.2) is 0 Å². The summed E-state index contributed by atoms with van der Waals surface area (Å²) < 4.78 is 1.42. The highest BCUT2D eigenvalue weighted by Gasteiger charge is 2.47. The van der Waals surface area contributed by atoms with Crippen molar-refractivity contribution in [1.82, 2.24) is 9.55 Å². The quantitative estimate of drug-likeness (QED) is 0.769. The fourth-order valence-electron chi connectivity index (χ4n) is 3.79. The van der Waals surface area contributed by atoms with Crippen LogP contribution >= 0.6 is 0 Å². The van der Waals surface area contributed by atoms with E-state index >= 15 is 0 Å². The first kappa shape index (κ1) is 17.5. The van der Waals surface area contributed by atoms with Gasteiger partial charge in [-0.15, -0.1) is 0 Å². The van der Waals surface area contributed by atoms with Gasteiger partial charge in [0.25, 0.3) is 5.56 Å². The summed E-state index contributed by atoms with van der Waals surface area (Å²) in [6, 6.07) is -0.813. The number of hydrogen-bond acceptors (Lipinski definition) is 4. The predicted molar refractivity (Wildman–Crippen MR) is 90.1 cm³/mol. The lowest BCUT2D eigenvalue weighted by Crippen LogP contribution is -2.31. The number of rotatable bonds is 8. The van der Waals surface area contributed by atoms with Gasteiger partial charge in [-0.25, -0.2) is 9.78 Å². The standard InChI is InChI=1S/C17H27N3O3/c1-4-7-17(8-5-2)10-13(15(22)23)20-14(21)12(18-9-6-3)11-19-16(17)20/h11,13,18H,4-10H2,1-3H3,(H,22,23)/t13-/m0/s1. The van der Waals surface area contributed by atoms with Crippen LogP contribution in [0.2, 0.25) is 0 Å². The third-order valence-electron chi connectivity index (χ3n) is 4.67. The third-order valence-corrected chi connectivity index (χ3v) is 4.67. The van der Waals surface area contributed by atoms with E-state index < -0.39 is 12.0 Å². The number of aromatic nitrogens is 2. The van der Waals surface area contributed by atoms with Crippen LogP contribution in [0, 0.1) is 0 Å². The molecule has 6 heteroatoms. The van der Waals surface area contributed by atoms with Crippen LogP contribution in [-0.4, -0.2) is 27.2 Å². The Bertz CT molecular complexity index is 618. The van der Waals surface area contributed by atoms with Crippen LogP contribution in [0.3, 0.4) is 0 Å². The van der Waals surface area contributed by atoms with E-state index in [2.05, 4.69) is 24.1 Å². The molecule has 1 aromatic heterocycles. The Kier molecular flexibility index (Phi) is 5.44. The average Bonchev–Trinajstić information content (AvgIpc) is 2.83. The van der Waals surface area contributed by atoms with Crippen molar-refractivity contribution in [2.45, 2.75) is 70.8 Å². The molecule has 23 heavy (non-hydrogen) atoms. The second-order valence-corrected chi connectivity index (χ2v) is 6.44. The van der Waals surface area contributed by atoms with Gasteiger partial charge in [-0.05, 0) is 25.7 Å². The molecule has 0 radical (unpaired) electrons. The topological polar surface area (TPSA) is 84.2 Å². The summed E-state index contributed by atoms with van der Waals surface area (Å²) in [6.45, 7) is 6.86. The molecule has 1 atom stereocenters. The maximum atomic E-state index is 12.8. The monoisotopic (exact) mass is 321 g/mol. The van der Waals surface area contributed by atoms with Crippen molar-refractivity contribution in [3.63, 3.8) is 0 Å². The van der Waals surface area contributed by atoms with E-state index in [0.29, 0.717) is 24.5 Å². The van der Waals surface area contributed by atoms with Gasteiger partial charge >= 0.3 is 5.97 Å². The van der Waals surface area contributed by atoms with E-state index in [4.69, 9.17) is 0 Å². The molecule has 1 aliphatic heterocycles. The number of fused-ring (bicyclic) bond motifs is 1. The van der Waals surface area contributed by atoms with Gasteiger partial charge in [0.1, 0.15) is 17.6 Å². The Labute approximate surface area is 136 Å². The predicted octanol–water partition coefficient (Wildman–Crippen LogP) is 2.93. The molecule has 2 heterocycles. The molecule has 1 aliphatic rings. The van der Waals surface area contributed by atoms with Gasteiger partial charge in [-0.3, -0.25) is 9.36 Å². The lowest BCUT2D eigenvalue weighted by molar-refractivity contribution is -0.141. The van der Waals surface area contributed by atoms with Crippen LogP contribution in [0.25, 0.3) is 0 Å². The highest BCUT2D eigenvalue weighted by Crippen LogP contribution is 2.46. The number of anilines is 1. The summed E-state index contributed by atoms with van der Waals surface area (Å²) in [5.74, 6) is -0.294. The van der Waals surface area contributed by atoms with Crippen molar-refractivity contribution < 1.29 is 9.90 Å². The second-order valence-electron chi connectivity index (χ2n) is 6.44. The minimum absolute atomic E-state index is 0.259. The summed E-state index contributed by atoms with van der Waals surface area (Å²) in [5.41, 5.74) is -0.162. The fraction of sp³-hybridized carbons (Fsp3) is 0.706. The Hall–Kier alpha value is -1.85. The maximum absolute atomic E-state index is 12.8. The van der Waals surface area contributed by atoms with Gasteiger partial charge in [0.2, 0.25) is 0 Å². The van der Waals surface area contributed by atoms with Crippen molar-refractivity contribution in [3.8, 4) is 0 Å². The summed E-state index contributed by atoms with van der Waals surface area (Å²) in [6.07, 6.45) is 6.53. The molecule has 2 N–H and O–H groups in total. The van der Waals surface area contributed by atoms with Crippen LogP contribution in [0.5, 0.6) is 0 Å². The number of aliphatic carboxylic acids is 1. The molecule has 0 aliphatic carbocycles. The van der Waals surface area contributed by atoms with Crippen LogP contribution in [0.1, 0.15) is 71.2 Å². The zero-order chi connectivity index (χ0) is 17.0. The largest absolute Gasteiger partial charge is 0.480 e. The SMILES string of the molecule is CCCNc1cnc2n(c1=O)[C@H](C(=O)O)CC2(CCC)CCC. The molecule has 0 saturated heterocycles. The fourth-order valence-corrected chi connectivity index (χ4v) is 3.79. The van der Waals surface area contributed by atoms with Gasteiger partial charge in [0.05, 0.1) is 6.20 Å². The lowest BCUT2D eigenvalue weighted by atomic mass is 9.76. The van der Waals surface area contributed by atoms with Crippen LogP contribution in [-0.2, 0) is 10.2 Å². The molecule has 0 saturated carbocycles. The first-order chi connectivity index (χ1) is 11.0. The summed E-state index contributed by atoms with van der Waals surface area (Å²) in [5, 5.41) is 12.7. The molecule has 0 aromatic carbocycles. The van der Waals surface area contributed by atoms with E-state index in [1.807, 2.05) is 6.92 Å². The summed E-state index contributed by atoms with van der Waals surface area (Å²) in [4.78, 5) is 29.0. The third kappa shape index (κ3) is 3.12. The smallest absolute Gasteiger partial charge is 0.326 e. The highest BCUT2D eigenvalue weighted by molar-refractivity contribution is 5.73. The Morgan fingerprint density at radius 1 is 1.35 bits per heavy atom. The van der Waals surface area contributed by atoms with E-state index in [1.165, 1.54) is 4.57 Å². The van der Waals surface area contributed by atoms with Gasteiger partial charge in [-0.2, -0.15) is 0 Å². The molecule has 128 valence electrons. The number of carboxylic acid groups (broad SMARTS) is 1. The first-order valence-corrected chi connectivity index (χ1v) is 8.59. The normalized spacial score (nSPS) is 18.7. The second kappa shape index (κ2) is 7.15. The van der Waals surface area contributed by atoms with E-state index in [-0.39, 0.29) is 11.0 Å². The number of carbonyl (C=O) groups is 1. The highest BCUT2D eigenvalue weighted by atomic mass is 16.4. The Balaban J connectivity index is 2.57. The molecule has 0 spiro atoms. The molecular weight excluding hydrogens is 294 g/mol. The molecule has 0 unspecified atom stereocenters. The van der Waals surface area contributed by atoms with Gasteiger partial charge in [-0.1, -0.05) is 33.6 Å². The maximum Gasteiger partial charge on any atom is 0.326 e. The summed E-state index contributed by atoms with van der Waals surface area (Å²) in [7, 11) is 0. The van der Waals surface area contributed by atoms with Crippen LogP contribution in [0.15, 0.2) is 11.0 Å². The number of nitrogens with one attached hydrogen (secondary N) is 1. The average molecular weight is 321 g/mol. The van der Waals surface area contributed by atoms with Gasteiger partial charge in [0, 0.05) is 12.0 Å². The number of hydrogen-bond donors (Lipinski definition) is 2. The molecule has 6 nitrogen and oxygen atoms in total. The van der Waals surface area contributed by atoms with Crippen molar-refractivity contribution in [3.05, 3.63) is 22.4 Å². The number of carboxylic acids is 1. The number of nitrogens with zero attached hydrogens (tertiary/aromatic N) is 2. The zero-order valence-corrected chi connectivity index (χ0v) is 14.3. The van der Waals surface area contributed by atoms with Crippen LogP contribution < -0.4 is 10.9 Å². The van der Waals surface area contributed by atoms with E-state index in [9.17, 15) is 14.7 Å². The van der Waals surface area contributed by atoms with Crippen molar-refractivity contribution in [1.29, 1.82) is 0 Å². The van der Waals surface area contributed by atoms with Crippen molar-refractivity contribution in [2.75, 3.05) is 11.9 Å². The Morgan fingerprint density at radius 3 is 2.52 bits per heavy atom. The summed E-state index contributed by atoms with van der Waals surface area (Å²) >= 11 is 0. The lowest BCUT2D eigenvalue weighted by Gasteiger charge is -2.27. The van der Waals surface area contributed by atoms with Crippen LogP contribution in [0.4, 0.5) is 5.69 Å².